The Kier molecular flexibility index (Phi) is 4.95. The zero-order chi connectivity index (χ0) is 14.6. The lowest BCUT2D eigenvalue weighted by Gasteiger charge is -2.19. The van der Waals surface area contributed by atoms with E-state index in [-0.39, 0.29) is 23.0 Å². The maximum atomic E-state index is 12.8. The minimum Gasteiger partial charge on any atom is -0.381 e. The first-order chi connectivity index (χ1) is 8.74. The Labute approximate surface area is 111 Å². The number of halogens is 3. The summed E-state index contributed by atoms with van der Waals surface area (Å²) < 4.78 is 49.5. The molecule has 2 atom stereocenters. The SMILES string of the molecule is C[C@@H](C[S@@](C)=O)Nc1cc(C#N)ccc1C(F)(F)F. The van der Waals surface area contributed by atoms with Crippen LogP contribution >= 0.6 is 0 Å². The van der Waals surface area contributed by atoms with Crippen molar-refractivity contribution in [3.05, 3.63) is 29.3 Å². The van der Waals surface area contributed by atoms with Crippen LogP contribution in [0.4, 0.5) is 18.9 Å². The summed E-state index contributed by atoms with van der Waals surface area (Å²) in [4.78, 5) is 0. The number of alkyl halides is 3. The highest BCUT2D eigenvalue weighted by Gasteiger charge is 2.33. The van der Waals surface area contributed by atoms with E-state index in [9.17, 15) is 17.4 Å². The number of benzene rings is 1. The standard InChI is InChI=1S/C12H13F3N2OS/c1-8(7-19(2)18)17-11-5-9(6-16)3-4-10(11)12(13,14)15/h3-5,8,17H,7H2,1-2H3/t8-,19+/m0/s1. The molecule has 1 aromatic rings. The number of nitrogens with zero attached hydrogens (tertiary/aromatic N) is 1. The predicted octanol–water partition coefficient (Wildman–Crippen LogP) is 2.76. The first kappa shape index (κ1) is 15.5. The van der Waals surface area contributed by atoms with Gasteiger partial charge in [-0.25, -0.2) is 0 Å². The molecule has 0 saturated heterocycles. The number of anilines is 1. The van der Waals surface area contributed by atoms with Gasteiger partial charge in [-0.2, -0.15) is 18.4 Å². The highest BCUT2D eigenvalue weighted by molar-refractivity contribution is 7.84. The number of hydrogen-bond acceptors (Lipinski definition) is 3. The van der Waals surface area contributed by atoms with Crippen LogP contribution in [0.5, 0.6) is 0 Å². The molecule has 104 valence electrons. The highest BCUT2D eigenvalue weighted by Crippen LogP contribution is 2.35. The average molecular weight is 290 g/mol. The Balaban J connectivity index is 3.09. The molecule has 0 aliphatic heterocycles. The van der Waals surface area contributed by atoms with Crippen molar-refractivity contribution in [3.8, 4) is 6.07 Å². The number of hydrogen-bond donors (Lipinski definition) is 1. The fourth-order valence-corrected chi connectivity index (χ4v) is 2.43. The van der Waals surface area contributed by atoms with E-state index < -0.39 is 22.5 Å². The van der Waals surface area contributed by atoms with Crippen molar-refractivity contribution in [2.75, 3.05) is 17.3 Å². The summed E-state index contributed by atoms with van der Waals surface area (Å²) in [6, 6.07) is 4.55. The molecule has 1 rings (SSSR count). The predicted molar refractivity (Wildman–Crippen MR) is 68.2 cm³/mol. The second kappa shape index (κ2) is 6.06. The van der Waals surface area contributed by atoms with Crippen molar-refractivity contribution in [2.24, 2.45) is 0 Å². The van der Waals surface area contributed by atoms with E-state index in [2.05, 4.69) is 5.32 Å². The largest absolute Gasteiger partial charge is 0.418 e. The van der Waals surface area contributed by atoms with Gasteiger partial charge < -0.3 is 5.32 Å². The monoisotopic (exact) mass is 290 g/mol. The molecule has 0 fully saturated rings. The number of nitriles is 1. The van der Waals surface area contributed by atoms with E-state index in [1.807, 2.05) is 0 Å². The minimum absolute atomic E-state index is 0.139. The third kappa shape index (κ3) is 4.56. The van der Waals surface area contributed by atoms with Gasteiger partial charge in [-0.3, -0.25) is 4.21 Å². The summed E-state index contributed by atoms with van der Waals surface area (Å²) in [5.41, 5.74) is -0.856. The van der Waals surface area contributed by atoms with E-state index in [1.54, 1.807) is 13.0 Å². The fraction of sp³-hybridized carbons (Fsp3) is 0.417. The number of rotatable bonds is 4. The van der Waals surface area contributed by atoms with Crippen LogP contribution in [0.25, 0.3) is 0 Å². The summed E-state index contributed by atoms with van der Waals surface area (Å²) in [6.45, 7) is 1.64. The van der Waals surface area contributed by atoms with Gasteiger partial charge in [-0.15, -0.1) is 0 Å². The topological polar surface area (TPSA) is 52.9 Å². The van der Waals surface area contributed by atoms with Crippen molar-refractivity contribution in [1.29, 1.82) is 5.26 Å². The van der Waals surface area contributed by atoms with Crippen LogP contribution < -0.4 is 5.32 Å². The molecule has 1 N–H and O–H groups in total. The molecule has 7 heteroatoms. The summed E-state index contributed by atoms with van der Waals surface area (Å²) in [7, 11) is -1.11. The van der Waals surface area contributed by atoms with Gasteiger partial charge in [0.05, 0.1) is 17.2 Å². The lowest BCUT2D eigenvalue weighted by molar-refractivity contribution is -0.137. The maximum absolute atomic E-state index is 12.8. The molecule has 0 unspecified atom stereocenters. The lowest BCUT2D eigenvalue weighted by Crippen LogP contribution is -2.24. The van der Waals surface area contributed by atoms with Crippen LogP contribution in [0.1, 0.15) is 18.1 Å². The van der Waals surface area contributed by atoms with Crippen LogP contribution in [0.2, 0.25) is 0 Å². The van der Waals surface area contributed by atoms with Crippen molar-refractivity contribution in [1.82, 2.24) is 0 Å². The Morgan fingerprint density at radius 2 is 2.11 bits per heavy atom. The molecule has 0 spiro atoms. The summed E-state index contributed by atoms with van der Waals surface area (Å²) >= 11 is 0. The van der Waals surface area contributed by atoms with Gasteiger partial charge >= 0.3 is 6.18 Å². The third-order valence-electron chi connectivity index (χ3n) is 2.34. The molecule has 0 saturated carbocycles. The molecule has 19 heavy (non-hydrogen) atoms. The van der Waals surface area contributed by atoms with E-state index in [0.29, 0.717) is 0 Å². The first-order valence-corrected chi connectivity index (χ1v) is 7.14. The smallest absolute Gasteiger partial charge is 0.381 e. The molecular formula is C12H13F3N2OS. The molecule has 0 radical (unpaired) electrons. The average Bonchev–Trinajstić information content (AvgIpc) is 2.25. The normalized spacial score (nSPS) is 14.5. The van der Waals surface area contributed by atoms with Crippen LogP contribution in [0, 0.1) is 11.3 Å². The fourth-order valence-electron chi connectivity index (χ4n) is 1.64. The second-order valence-electron chi connectivity index (χ2n) is 4.16. The maximum Gasteiger partial charge on any atom is 0.418 e. The molecule has 0 aliphatic carbocycles. The lowest BCUT2D eigenvalue weighted by atomic mass is 10.1. The molecule has 1 aromatic carbocycles. The molecule has 0 amide bonds. The van der Waals surface area contributed by atoms with Crippen LogP contribution in [-0.4, -0.2) is 22.3 Å². The molecule has 0 aromatic heterocycles. The van der Waals surface area contributed by atoms with Gasteiger partial charge in [0.15, 0.2) is 0 Å². The van der Waals surface area contributed by atoms with Gasteiger partial charge in [0, 0.05) is 34.5 Å². The molecule has 3 nitrogen and oxygen atoms in total. The van der Waals surface area contributed by atoms with Gasteiger partial charge in [0.25, 0.3) is 0 Å². The first-order valence-electron chi connectivity index (χ1n) is 5.42. The molecular weight excluding hydrogens is 277 g/mol. The van der Waals surface area contributed by atoms with E-state index in [0.717, 1.165) is 18.2 Å². The molecule has 0 bridgehead atoms. The Morgan fingerprint density at radius 3 is 2.58 bits per heavy atom. The quantitative estimate of drug-likeness (QED) is 0.927. The van der Waals surface area contributed by atoms with Gasteiger partial charge in [-0.1, -0.05) is 0 Å². The summed E-state index contributed by atoms with van der Waals surface area (Å²) in [6.07, 6.45) is -3.02. The van der Waals surface area contributed by atoms with Crippen molar-refractivity contribution >= 4 is 16.5 Å². The van der Waals surface area contributed by atoms with Crippen molar-refractivity contribution < 1.29 is 17.4 Å². The number of nitrogens with one attached hydrogen (secondary N) is 1. The van der Waals surface area contributed by atoms with Crippen LogP contribution in [0.3, 0.4) is 0 Å². The minimum atomic E-state index is -4.50. The highest BCUT2D eigenvalue weighted by atomic mass is 32.2. The molecule has 0 heterocycles. The zero-order valence-corrected chi connectivity index (χ0v) is 11.2. The summed E-state index contributed by atoms with van der Waals surface area (Å²) in [5, 5.41) is 11.4. The zero-order valence-electron chi connectivity index (χ0n) is 10.4. The van der Waals surface area contributed by atoms with E-state index in [1.165, 1.54) is 6.26 Å². The summed E-state index contributed by atoms with van der Waals surface area (Å²) in [5.74, 6) is 0.230. The van der Waals surface area contributed by atoms with Gasteiger partial charge in [-0.05, 0) is 25.1 Å². The van der Waals surface area contributed by atoms with Crippen LogP contribution in [-0.2, 0) is 17.0 Å². The third-order valence-corrected chi connectivity index (χ3v) is 3.31. The second-order valence-corrected chi connectivity index (χ2v) is 5.63. The van der Waals surface area contributed by atoms with Crippen molar-refractivity contribution in [2.45, 2.75) is 19.1 Å². The van der Waals surface area contributed by atoms with E-state index >= 15 is 0 Å². The van der Waals surface area contributed by atoms with Gasteiger partial charge in [0.1, 0.15) is 0 Å². The van der Waals surface area contributed by atoms with Crippen molar-refractivity contribution in [3.63, 3.8) is 0 Å². The Morgan fingerprint density at radius 1 is 1.47 bits per heavy atom. The van der Waals surface area contributed by atoms with Gasteiger partial charge in [0.2, 0.25) is 0 Å². The Hall–Kier alpha value is -1.55. The molecule has 0 aliphatic rings. The van der Waals surface area contributed by atoms with Crippen LogP contribution in [0.15, 0.2) is 18.2 Å². The van der Waals surface area contributed by atoms with E-state index in [4.69, 9.17) is 5.26 Å². The Bertz CT molecular complexity index is 523.